The van der Waals surface area contributed by atoms with Crippen LogP contribution in [0.5, 0.6) is 11.5 Å². The Bertz CT molecular complexity index is 1840. The summed E-state index contributed by atoms with van der Waals surface area (Å²) in [4.78, 5) is 20.1. The third-order valence-electron chi connectivity index (χ3n) is 6.52. The Labute approximate surface area is 235 Å². The molecule has 188 valence electrons. The number of para-hydroxylation sites is 1. The van der Waals surface area contributed by atoms with E-state index in [4.69, 9.17) is 26.1 Å². The largest absolute Gasteiger partial charge is 0.454 e. The van der Waals surface area contributed by atoms with E-state index in [1.54, 1.807) is 22.7 Å². The second-order valence-corrected chi connectivity index (χ2v) is 12.5. The van der Waals surface area contributed by atoms with Gasteiger partial charge in [-0.25, -0.2) is 4.98 Å². The molecule has 6 aromatic rings. The van der Waals surface area contributed by atoms with Crippen LogP contribution in [-0.4, -0.2) is 17.7 Å². The highest BCUT2D eigenvalue weighted by molar-refractivity contribution is 7.23. The molecule has 0 radical (unpaired) electrons. The summed E-state index contributed by atoms with van der Waals surface area (Å²) in [5.74, 6) is 1.31. The summed E-state index contributed by atoms with van der Waals surface area (Å²) in [5, 5.41) is 6.22. The number of halogens is 1. The summed E-state index contributed by atoms with van der Waals surface area (Å²) in [5.41, 5.74) is 4.11. The van der Waals surface area contributed by atoms with Crippen LogP contribution in [0.4, 0.5) is 5.00 Å². The van der Waals surface area contributed by atoms with E-state index in [1.807, 2.05) is 54.6 Å². The van der Waals surface area contributed by atoms with Gasteiger partial charge in [-0.3, -0.25) is 4.79 Å². The minimum absolute atomic E-state index is 0.213. The zero-order valence-corrected chi connectivity index (χ0v) is 23.2. The molecule has 0 spiro atoms. The van der Waals surface area contributed by atoms with Crippen LogP contribution < -0.4 is 14.8 Å². The van der Waals surface area contributed by atoms with Crippen LogP contribution in [-0.2, 0) is 6.42 Å². The Morgan fingerprint density at radius 3 is 2.61 bits per heavy atom. The highest BCUT2D eigenvalue weighted by atomic mass is 35.5. The van der Waals surface area contributed by atoms with Crippen LogP contribution in [0.1, 0.15) is 25.7 Å². The first-order valence-electron chi connectivity index (χ1n) is 11.9. The normalized spacial score (nSPS) is 12.5. The molecule has 0 saturated carbocycles. The number of hydrogen-bond donors (Lipinski definition) is 1. The fraction of sp³-hybridized carbons (Fsp3) is 0.103. The number of fused-ring (bicyclic) bond motifs is 3. The maximum Gasteiger partial charge on any atom is 0.267 e. The van der Waals surface area contributed by atoms with Gasteiger partial charge in [0, 0.05) is 26.9 Å². The van der Waals surface area contributed by atoms with Crippen molar-refractivity contribution in [3.05, 3.63) is 92.6 Å². The first-order valence-corrected chi connectivity index (χ1v) is 14.7. The summed E-state index contributed by atoms with van der Waals surface area (Å²) in [7, 11) is 0. The Morgan fingerprint density at radius 1 is 0.974 bits per heavy atom. The summed E-state index contributed by atoms with van der Waals surface area (Å²) >= 11 is 11.3. The monoisotopic (exact) mass is 574 g/mol. The van der Waals surface area contributed by atoms with Gasteiger partial charge in [0.2, 0.25) is 6.79 Å². The number of anilines is 1. The lowest BCUT2D eigenvalue weighted by molar-refractivity contribution is 0.103. The molecule has 3 aromatic carbocycles. The van der Waals surface area contributed by atoms with Gasteiger partial charge in [0.1, 0.15) is 14.9 Å². The predicted octanol–water partition coefficient (Wildman–Crippen LogP) is 8.77. The number of aromatic nitrogens is 1. The number of carbonyl (C=O) groups is 1. The molecule has 0 bridgehead atoms. The minimum atomic E-state index is -0.213. The van der Waals surface area contributed by atoms with Gasteiger partial charge in [0.05, 0.1) is 15.2 Å². The molecule has 4 heterocycles. The summed E-state index contributed by atoms with van der Waals surface area (Å²) in [6, 6.07) is 21.9. The van der Waals surface area contributed by atoms with Crippen LogP contribution in [0, 0.1) is 6.92 Å². The van der Waals surface area contributed by atoms with Crippen molar-refractivity contribution in [2.75, 3.05) is 12.1 Å². The Balaban J connectivity index is 1.30. The van der Waals surface area contributed by atoms with Gasteiger partial charge in [0.25, 0.3) is 5.91 Å². The van der Waals surface area contributed by atoms with Crippen LogP contribution in [0.3, 0.4) is 0 Å². The number of amides is 1. The maximum atomic E-state index is 13.5. The first-order chi connectivity index (χ1) is 18.5. The average Bonchev–Trinajstić information content (AvgIpc) is 3.69. The second kappa shape index (κ2) is 9.39. The van der Waals surface area contributed by atoms with Crippen molar-refractivity contribution in [2.45, 2.75) is 13.3 Å². The van der Waals surface area contributed by atoms with Crippen molar-refractivity contribution >= 4 is 76.8 Å². The van der Waals surface area contributed by atoms with E-state index in [2.05, 4.69) is 24.4 Å². The van der Waals surface area contributed by atoms with Crippen LogP contribution in [0.2, 0.25) is 5.02 Å². The number of ether oxygens (including phenoxy) is 2. The molecular formula is C29H19ClN2O3S3. The molecule has 9 heteroatoms. The number of hydrogen-bond acceptors (Lipinski definition) is 7. The quantitative estimate of drug-likeness (QED) is 0.223. The van der Waals surface area contributed by atoms with Crippen LogP contribution in [0.15, 0.2) is 66.7 Å². The number of nitrogens with one attached hydrogen (secondary N) is 1. The van der Waals surface area contributed by atoms with Gasteiger partial charge in [-0.05, 0) is 48.4 Å². The molecule has 38 heavy (non-hydrogen) atoms. The number of nitrogens with zero attached hydrogens (tertiary/aromatic N) is 1. The zero-order valence-electron chi connectivity index (χ0n) is 20.0. The van der Waals surface area contributed by atoms with Crippen LogP contribution >= 0.6 is 45.6 Å². The molecule has 1 amide bonds. The van der Waals surface area contributed by atoms with E-state index in [9.17, 15) is 4.79 Å². The van der Waals surface area contributed by atoms with E-state index in [1.165, 1.54) is 11.3 Å². The van der Waals surface area contributed by atoms with Crippen molar-refractivity contribution in [2.24, 2.45) is 0 Å². The van der Waals surface area contributed by atoms with E-state index in [-0.39, 0.29) is 12.7 Å². The van der Waals surface area contributed by atoms with Gasteiger partial charge in [-0.2, -0.15) is 0 Å². The molecule has 0 atom stereocenters. The standard InChI is InChI=1S/C29H19ClN2O3S3/c1-15-23(13-16-10-11-19-20(12-16)35-14-34-19)38-29(24(15)28-31-18-7-3-5-9-22(18)37-28)32-27(33)26-25(30)17-6-2-4-8-21(17)36-26/h2-12H,13-14H2,1H3,(H,32,33). The molecule has 1 aliphatic heterocycles. The van der Waals surface area contributed by atoms with Crippen molar-refractivity contribution in [3.63, 3.8) is 0 Å². The molecule has 0 unspecified atom stereocenters. The second-order valence-electron chi connectivity index (χ2n) is 8.90. The molecule has 5 nitrogen and oxygen atoms in total. The number of thiazole rings is 1. The molecule has 3 aromatic heterocycles. The van der Waals surface area contributed by atoms with Gasteiger partial charge in [-0.15, -0.1) is 34.0 Å². The lowest BCUT2D eigenvalue weighted by Crippen LogP contribution is -2.10. The van der Waals surface area contributed by atoms with Crippen molar-refractivity contribution in [3.8, 4) is 22.1 Å². The minimum Gasteiger partial charge on any atom is -0.454 e. The number of benzene rings is 3. The molecule has 1 aliphatic rings. The van der Waals surface area contributed by atoms with Gasteiger partial charge in [-0.1, -0.05) is 48.0 Å². The summed E-state index contributed by atoms with van der Waals surface area (Å²) in [6.07, 6.45) is 0.699. The number of thiophene rings is 2. The molecule has 0 saturated heterocycles. The van der Waals surface area contributed by atoms with Gasteiger partial charge < -0.3 is 14.8 Å². The highest BCUT2D eigenvalue weighted by Gasteiger charge is 2.24. The van der Waals surface area contributed by atoms with Crippen LogP contribution in [0.25, 0.3) is 30.9 Å². The highest BCUT2D eigenvalue weighted by Crippen LogP contribution is 2.45. The first kappa shape index (κ1) is 23.7. The van der Waals surface area contributed by atoms with Gasteiger partial charge in [0.15, 0.2) is 11.5 Å². The molecule has 1 N–H and O–H groups in total. The average molecular weight is 575 g/mol. The van der Waals surface area contributed by atoms with E-state index in [0.717, 1.165) is 63.4 Å². The number of rotatable bonds is 5. The third-order valence-corrected chi connectivity index (χ3v) is 10.5. The van der Waals surface area contributed by atoms with Crippen molar-refractivity contribution in [1.82, 2.24) is 4.98 Å². The molecule has 7 rings (SSSR count). The van der Waals surface area contributed by atoms with E-state index in [0.29, 0.717) is 16.3 Å². The van der Waals surface area contributed by atoms with E-state index >= 15 is 0 Å². The fourth-order valence-corrected chi connectivity index (χ4v) is 8.40. The van der Waals surface area contributed by atoms with E-state index < -0.39 is 0 Å². The zero-order chi connectivity index (χ0) is 25.8. The Hall–Kier alpha value is -3.43. The topological polar surface area (TPSA) is 60.5 Å². The molecule has 0 fully saturated rings. The SMILES string of the molecule is Cc1c(Cc2ccc3c(c2)OCO3)sc(NC(=O)c2sc3ccccc3c2Cl)c1-c1nc2ccccc2s1. The lowest BCUT2D eigenvalue weighted by Gasteiger charge is -2.05. The van der Waals surface area contributed by atoms with Crippen molar-refractivity contribution in [1.29, 1.82) is 0 Å². The summed E-state index contributed by atoms with van der Waals surface area (Å²) in [6.45, 7) is 2.34. The number of carbonyl (C=O) groups excluding carboxylic acids is 1. The molecular weight excluding hydrogens is 556 g/mol. The Morgan fingerprint density at radius 2 is 1.76 bits per heavy atom. The fourth-order valence-electron chi connectivity index (χ4n) is 4.61. The Kier molecular flexibility index (Phi) is 5.85. The third kappa shape index (κ3) is 4.05. The van der Waals surface area contributed by atoms with Crippen molar-refractivity contribution < 1.29 is 14.3 Å². The maximum absolute atomic E-state index is 13.5. The molecule has 0 aliphatic carbocycles. The smallest absolute Gasteiger partial charge is 0.267 e. The summed E-state index contributed by atoms with van der Waals surface area (Å²) < 4.78 is 13.1. The van der Waals surface area contributed by atoms with Gasteiger partial charge >= 0.3 is 0 Å². The predicted molar refractivity (Wildman–Crippen MR) is 158 cm³/mol. The lowest BCUT2D eigenvalue weighted by atomic mass is 10.1.